The van der Waals surface area contributed by atoms with Crippen LogP contribution in [0.3, 0.4) is 0 Å². The Balaban J connectivity index is 0.968. The maximum atomic E-state index is 4.94. The van der Waals surface area contributed by atoms with Gasteiger partial charge in [0, 0.05) is 83.0 Å². The number of pyridine rings is 4. The first-order valence-electron chi connectivity index (χ1n) is 17.4. The molecule has 0 spiro atoms. The number of rotatable bonds is 8. The van der Waals surface area contributed by atoms with Gasteiger partial charge in [0.15, 0.2) is 11.6 Å². The predicted molar refractivity (Wildman–Crippen MR) is 212 cm³/mol. The van der Waals surface area contributed by atoms with Crippen molar-refractivity contribution in [2.75, 3.05) is 0 Å². The summed E-state index contributed by atoms with van der Waals surface area (Å²) in [6.45, 7) is 0. The van der Waals surface area contributed by atoms with Gasteiger partial charge in [-0.25, -0.2) is 19.9 Å². The van der Waals surface area contributed by atoms with Crippen LogP contribution in [0.2, 0.25) is 0 Å². The summed E-state index contributed by atoms with van der Waals surface area (Å²) in [5.74, 6) is 1.28. The normalized spacial score (nSPS) is 11.0. The van der Waals surface area contributed by atoms with Crippen LogP contribution >= 0.6 is 0 Å². The summed E-state index contributed by atoms with van der Waals surface area (Å²) in [6, 6.07) is 45.2. The average molecular weight is 695 g/mol. The molecule has 0 saturated carbocycles. The van der Waals surface area contributed by atoms with Gasteiger partial charge in [0.25, 0.3) is 0 Å². The molecule has 0 aliphatic rings. The van der Waals surface area contributed by atoms with Crippen LogP contribution in [-0.2, 0) is 0 Å². The fraction of sp³-hybridized carbons (Fsp3) is 0. The van der Waals surface area contributed by atoms with E-state index in [1.807, 2.05) is 73.1 Å². The van der Waals surface area contributed by atoms with Crippen LogP contribution < -0.4 is 0 Å². The highest BCUT2D eigenvalue weighted by atomic mass is 14.9. The molecular weight excluding hydrogens is 665 g/mol. The Kier molecular flexibility index (Phi) is 8.73. The Morgan fingerprint density at radius 1 is 0.241 bits per heavy atom. The Morgan fingerprint density at radius 3 is 0.870 bits per heavy atom. The van der Waals surface area contributed by atoms with Gasteiger partial charge in [-0.1, -0.05) is 72.8 Å². The monoisotopic (exact) mass is 694 g/mol. The summed E-state index contributed by atoms with van der Waals surface area (Å²) in [7, 11) is 0. The Bertz CT molecular complexity index is 2350. The maximum absolute atomic E-state index is 4.94. The molecule has 0 aliphatic heterocycles. The van der Waals surface area contributed by atoms with Gasteiger partial charge in [-0.3, -0.25) is 19.9 Å². The molecule has 0 N–H and O–H groups in total. The highest BCUT2D eigenvalue weighted by Crippen LogP contribution is 2.32. The summed E-state index contributed by atoms with van der Waals surface area (Å²) in [6.07, 6.45) is 14.2. The lowest BCUT2D eigenvalue weighted by atomic mass is 9.98. The molecule has 0 bridgehead atoms. The van der Waals surface area contributed by atoms with Gasteiger partial charge < -0.3 is 0 Å². The van der Waals surface area contributed by atoms with Gasteiger partial charge in [-0.15, -0.1) is 0 Å². The highest BCUT2D eigenvalue weighted by molar-refractivity contribution is 5.77. The van der Waals surface area contributed by atoms with Crippen molar-refractivity contribution in [1.29, 1.82) is 0 Å². The third-order valence-electron chi connectivity index (χ3n) is 9.16. The second kappa shape index (κ2) is 14.6. The molecule has 8 heteroatoms. The molecular formula is C46H30N8. The zero-order valence-electron chi connectivity index (χ0n) is 28.9. The quantitative estimate of drug-likeness (QED) is 0.155. The van der Waals surface area contributed by atoms with E-state index in [0.717, 1.165) is 78.4 Å². The van der Waals surface area contributed by atoms with E-state index in [1.165, 1.54) is 0 Å². The molecule has 0 radical (unpaired) electrons. The number of hydrogen-bond donors (Lipinski definition) is 0. The molecule has 8 nitrogen and oxygen atoms in total. The molecule has 0 fully saturated rings. The number of hydrogen-bond acceptors (Lipinski definition) is 8. The van der Waals surface area contributed by atoms with Gasteiger partial charge in [-0.05, 0) is 82.9 Å². The Labute approximate surface area is 312 Å². The molecule has 0 saturated heterocycles. The van der Waals surface area contributed by atoms with E-state index >= 15 is 0 Å². The number of nitrogens with zero attached hydrogens (tertiary/aromatic N) is 8. The van der Waals surface area contributed by atoms with E-state index < -0.39 is 0 Å². The summed E-state index contributed by atoms with van der Waals surface area (Å²) < 4.78 is 0. The van der Waals surface area contributed by atoms with Crippen LogP contribution in [0.15, 0.2) is 183 Å². The van der Waals surface area contributed by atoms with Crippen molar-refractivity contribution in [3.8, 4) is 90.1 Å². The highest BCUT2D eigenvalue weighted by Gasteiger charge is 2.13. The van der Waals surface area contributed by atoms with Crippen molar-refractivity contribution in [1.82, 2.24) is 39.9 Å². The summed E-state index contributed by atoms with van der Waals surface area (Å²) in [4.78, 5) is 36.5. The van der Waals surface area contributed by atoms with E-state index in [-0.39, 0.29) is 0 Å². The third kappa shape index (κ3) is 6.87. The van der Waals surface area contributed by atoms with Gasteiger partial charge >= 0.3 is 0 Å². The van der Waals surface area contributed by atoms with Gasteiger partial charge in [0.1, 0.15) is 0 Å². The van der Waals surface area contributed by atoms with Crippen molar-refractivity contribution >= 4 is 0 Å². The number of aromatic nitrogens is 8. The first-order chi connectivity index (χ1) is 26.7. The molecule has 3 aromatic carbocycles. The molecule has 254 valence electrons. The summed E-state index contributed by atoms with van der Waals surface area (Å²) >= 11 is 0. The molecule has 0 amide bonds. The minimum absolute atomic E-state index is 0.641. The van der Waals surface area contributed by atoms with E-state index in [0.29, 0.717) is 11.6 Å². The van der Waals surface area contributed by atoms with Crippen molar-refractivity contribution in [3.05, 3.63) is 183 Å². The third-order valence-corrected chi connectivity index (χ3v) is 9.16. The van der Waals surface area contributed by atoms with Crippen LogP contribution in [0.4, 0.5) is 0 Å². The summed E-state index contributed by atoms with van der Waals surface area (Å²) in [5, 5.41) is 0. The fourth-order valence-electron chi connectivity index (χ4n) is 6.30. The fourth-order valence-corrected chi connectivity index (χ4v) is 6.30. The molecule has 0 atom stereocenters. The predicted octanol–water partition coefficient (Wildman–Crippen LogP) is 10.2. The standard InChI is InChI=1S/C46H30N8/c1-3-39(29-49-21-1)43-27-41(51-45(53-43)37-17-23-47-24-18-37)35-13-9-33(10-14-35)31-5-7-32(8-6-31)34-11-15-36(16-12-34)42-28-44(40-4-2-22-50-30-40)54-46(52-42)38-19-25-48-26-20-38/h1-30H. The Hall–Kier alpha value is -7.58. The van der Waals surface area contributed by atoms with Gasteiger partial charge in [0.05, 0.1) is 22.8 Å². The average Bonchev–Trinajstić information content (AvgIpc) is 3.27. The van der Waals surface area contributed by atoms with Crippen molar-refractivity contribution in [3.63, 3.8) is 0 Å². The zero-order chi connectivity index (χ0) is 36.1. The van der Waals surface area contributed by atoms with Crippen LogP contribution in [0.5, 0.6) is 0 Å². The maximum Gasteiger partial charge on any atom is 0.160 e. The number of benzene rings is 3. The summed E-state index contributed by atoms with van der Waals surface area (Å²) in [5.41, 5.74) is 13.5. The Morgan fingerprint density at radius 2 is 0.556 bits per heavy atom. The largest absolute Gasteiger partial charge is 0.265 e. The van der Waals surface area contributed by atoms with Crippen LogP contribution in [-0.4, -0.2) is 39.9 Å². The minimum atomic E-state index is 0.641. The second-order valence-electron chi connectivity index (χ2n) is 12.6. The second-order valence-corrected chi connectivity index (χ2v) is 12.6. The van der Waals surface area contributed by atoms with E-state index in [1.54, 1.807) is 37.2 Å². The molecule has 6 aromatic heterocycles. The molecule has 0 unspecified atom stereocenters. The lowest BCUT2D eigenvalue weighted by Crippen LogP contribution is -1.96. The molecule has 54 heavy (non-hydrogen) atoms. The first kappa shape index (κ1) is 32.3. The zero-order valence-corrected chi connectivity index (χ0v) is 28.9. The van der Waals surface area contributed by atoms with E-state index in [2.05, 4.69) is 92.7 Å². The van der Waals surface area contributed by atoms with Crippen molar-refractivity contribution in [2.24, 2.45) is 0 Å². The van der Waals surface area contributed by atoms with Crippen molar-refractivity contribution in [2.45, 2.75) is 0 Å². The van der Waals surface area contributed by atoms with Crippen LogP contribution in [0.25, 0.3) is 90.1 Å². The van der Waals surface area contributed by atoms with E-state index in [4.69, 9.17) is 19.9 Å². The molecule has 0 aliphatic carbocycles. The van der Waals surface area contributed by atoms with Crippen LogP contribution in [0.1, 0.15) is 0 Å². The lowest BCUT2D eigenvalue weighted by Gasteiger charge is -2.11. The van der Waals surface area contributed by atoms with Gasteiger partial charge in [-0.2, -0.15) is 0 Å². The molecule has 9 rings (SSSR count). The molecule has 6 heterocycles. The SMILES string of the molecule is c1cncc(-c2cc(-c3ccc(-c4ccc(-c5ccc(-c6cc(-c7cccnc7)nc(-c7ccncc7)n6)cc5)cc4)cc3)nc(-c3ccncc3)n2)c1. The topological polar surface area (TPSA) is 103 Å². The lowest BCUT2D eigenvalue weighted by molar-refractivity contribution is 1.17. The molecule has 9 aromatic rings. The smallest absolute Gasteiger partial charge is 0.160 e. The van der Waals surface area contributed by atoms with E-state index in [9.17, 15) is 0 Å². The van der Waals surface area contributed by atoms with Crippen LogP contribution in [0, 0.1) is 0 Å². The first-order valence-corrected chi connectivity index (χ1v) is 17.4. The minimum Gasteiger partial charge on any atom is -0.265 e. The van der Waals surface area contributed by atoms with Crippen molar-refractivity contribution < 1.29 is 0 Å². The van der Waals surface area contributed by atoms with Gasteiger partial charge in [0.2, 0.25) is 0 Å².